The van der Waals surface area contributed by atoms with Gasteiger partial charge in [0.1, 0.15) is 11.9 Å². The Hall–Kier alpha value is -1.62. The number of rotatable bonds is 5. The number of esters is 1. The van der Waals surface area contributed by atoms with Gasteiger partial charge >= 0.3 is 5.97 Å². The van der Waals surface area contributed by atoms with Crippen LogP contribution >= 0.6 is 0 Å². The number of hydrogen-bond donors (Lipinski definition) is 1. The maximum atomic E-state index is 13.1. The summed E-state index contributed by atoms with van der Waals surface area (Å²) in [6.07, 6.45) is 0.322. The van der Waals surface area contributed by atoms with E-state index >= 15 is 0 Å². The molecule has 5 heteroatoms. The van der Waals surface area contributed by atoms with Crippen molar-refractivity contribution in [2.45, 2.75) is 19.4 Å². The Morgan fingerprint density at radius 1 is 1.53 bits per heavy atom. The van der Waals surface area contributed by atoms with Gasteiger partial charge in [-0.2, -0.15) is 0 Å². The zero-order valence-electron chi connectivity index (χ0n) is 9.90. The third-order valence-electron chi connectivity index (χ3n) is 2.27. The van der Waals surface area contributed by atoms with Gasteiger partial charge in [0.25, 0.3) is 0 Å². The van der Waals surface area contributed by atoms with Crippen molar-refractivity contribution >= 4 is 11.7 Å². The van der Waals surface area contributed by atoms with Gasteiger partial charge in [0.15, 0.2) is 0 Å². The van der Waals surface area contributed by atoms with E-state index in [1.54, 1.807) is 14.0 Å². The molecule has 0 spiro atoms. The van der Waals surface area contributed by atoms with E-state index in [0.717, 1.165) is 6.07 Å². The van der Waals surface area contributed by atoms with Crippen molar-refractivity contribution in [3.63, 3.8) is 0 Å². The Bertz CT molecular complexity index is 395. The molecule has 94 valence electrons. The number of ether oxygens (including phenoxy) is 2. The molecule has 0 aliphatic carbocycles. The van der Waals surface area contributed by atoms with Crippen LogP contribution in [0.5, 0.6) is 0 Å². The highest BCUT2D eigenvalue weighted by Gasteiger charge is 2.13. The fourth-order valence-electron chi connectivity index (χ4n) is 1.25. The largest absolute Gasteiger partial charge is 0.459 e. The molecule has 0 aromatic heterocycles. The third-order valence-corrected chi connectivity index (χ3v) is 2.27. The van der Waals surface area contributed by atoms with Gasteiger partial charge in [0.2, 0.25) is 0 Å². The van der Waals surface area contributed by atoms with Gasteiger partial charge in [0.05, 0.1) is 11.3 Å². The van der Waals surface area contributed by atoms with Crippen LogP contribution in [0.15, 0.2) is 18.2 Å². The van der Waals surface area contributed by atoms with Gasteiger partial charge in [0, 0.05) is 20.1 Å². The Labute approximate surface area is 99.5 Å². The van der Waals surface area contributed by atoms with Gasteiger partial charge in [-0.1, -0.05) is 0 Å². The van der Waals surface area contributed by atoms with E-state index < -0.39 is 11.8 Å². The lowest BCUT2D eigenvalue weighted by molar-refractivity contribution is 0.0266. The predicted octanol–water partition coefficient (Wildman–Crippen LogP) is 1.99. The molecular weight excluding hydrogens is 225 g/mol. The van der Waals surface area contributed by atoms with Crippen molar-refractivity contribution in [2.24, 2.45) is 0 Å². The average molecular weight is 241 g/mol. The SMILES string of the molecule is COCCC(C)OC(=O)c1ccc(N)c(F)c1. The predicted molar refractivity (Wildman–Crippen MR) is 62.2 cm³/mol. The first-order valence-corrected chi connectivity index (χ1v) is 5.29. The molecule has 1 atom stereocenters. The molecule has 0 heterocycles. The summed E-state index contributed by atoms with van der Waals surface area (Å²) in [7, 11) is 1.57. The molecule has 0 fully saturated rings. The quantitative estimate of drug-likeness (QED) is 0.632. The highest BCUT2D eigenvalue weighted by molar-refractivity contribution is 5.89. The molecule has 17 heavy (non-hydrogen) atoms. The van der Waals surface area contributed by atoms with Crippen molar-refractivity contribution in [1.29, 1.82) is 0 Å². The van der Waals surface area contributed by atoms with Gasteiger partial charge in [-0.3, -0.25) is 0 Å². The van der Waals surface area contributed by atoms with Crippen LogP contribution in [0, 0.1) is 5.82 Å². The summed E-state index contributed by atoms with van der Waals surface area (Å²) < 4.78 is 23.1. The zero-order valence-corrected chi connectivity index (χ0v) is 9.90. The van der Waals surface area contributed by atoms with Crippen LogP contribution in [0.2, 0.25) is 0 Å². The van der Waals surface area contributed by atoms with E-state index in [1.165, 1.54) is 12.1 Å². The van der Waals surface area contributed by atoms with Crippen molar-refractivity contribution in [3.8, 4) is 0 Å². The zero-order chi connectivity index (χ0) is 12.8. The Morgan fingerprint density at radius 3 is 2.82 bits per heavy atom. The van der Waals surface area contributed by atoms with E-state index in [4.69, 9.17) is 15.2 Å². The fourth-order valence-corrected chi connectivity index (χ4v) is 1.25. The number of anilines is 1. The number of hydrogen-bond acceptors (Lipinski definition) is 4. The molecule has 1 rings (SSSR count). The number of carbonyl (C=O) groups is 1. The Kier molecular flexibility index (Phi) is 4.90. The first-order chi connectivity index (χ1) is 8.04. The molecule has 0 saturated carbocycles. The molecular formula is C12H16FNO3. The number of nitrogen functional groups attached to an aromatic ring is 1. The standard InChI is InChI=1S/C12H16FNO3/c1-8(5-6-16-2)17-12(15)9-3-4-11(14)10(13)7-9/h3-4,7-8H,5-6,14H2,1-2H3. The van der Waals surface area contributed by atoms with E-state index in [1.807, 2.05) is 0 Å². The molecule has 1 aromatic carbocycles. The normalized spacial score (nSPS) is 12.2. The van der Waals surface area contributed by atoms with Gasteiger partial charge < -0.3 is 15.2 Å². The molecule has 0 amide bonds. The average Bonchev–Trinajstić information content (AvgIpc) is 2.30. The maximum Gasteiger partial charge on any atom is 0.338 e. The molecule has 1 unspecified atom stereocenters. The summed E-state index contributed by atoms with van der Waals surface area (Å²) in [6.45, 7) is 2.26. The topological polar surface area (TPSA) is 61.5 Å². The van der Waals surface area contributed by atoms with Crippen LogP contribution in [0.3, 0.4) is 0 Å². The number of benzene rings is 1. The second-order valence-electron chi connectivity index (χ2n) is 3.73. The highest BCUT2D eigenvalue weighted by Crippen LogP contribution is 2.13. The maximum absolute atomic E-state index is 13.1. The van der Waals surface area contributed by atoms with Crippen molar-refractivity contribution < 1.29 is 18.7 Å². The lowest BCUT2D eigenvalue weighted by Crippen LogP contribution is -2.17. The number of carbonyl (C=O) groups excluding carboxylic acids is 1. The molecule has 0 saturated heterocycles. The smallest absolute Gasteiger partial charge is 0.338 e. The molecule has 4 nitrogen and oxygen atoms in total. The monoisotopic (exact) mass is 241 g/mol. The molecule has 0 aliphatic rings. The summed E-state index contributed by atoms with van der Waals surface area (Å²) in [4.78, 5) is 11.6. The molecule has 2 N–H and O–H groups in total. The lowest BCUT2D eigenvalue weighted by Gasteiger charge is -2.12. The first kappa shape index (κ1) is 13.4. The minimum absolute atomic E-state index is 0.00832. The molecule has 1 aromatic rings. The van der Waals surface area contributed by atoms with Crippen LogP contribution in [0.25, 0.3) is 0 Å². The van der Waals surface area contributed by atoms with Crippen molar-refractivity contribution in [2.75, 3.05) is 19.5 Å². The van der Waals surface area contributed by atoms with E-state index in [9.17, 15) is 9.18 Å². The van der Waals surface area contributed by atoms with Crippen molar-refractivity contribution in [3.05, 3.63) is 29.6 Å². The van der Waals surface area contributed by atoms with Gasteiger partial charge in [-0.15, -0.1) is 0 Å². The summed E-state index contributed by atoms with van der Waals surface area (Å²) in [5.41, 5.74) is 5.47. The second kappa shape index (κ2) is 6.20. The first-order valence-electron chi connectivity index (χ1n) is 5.29. The Morgan fingerprint density at radius 2 is 2.24 bits per heavy atom. The minimum atomic E-state index is -0.621. The number of nitrogens with two attached hydrogens (primary N) is 1. The van der Waals surface area contributed by atoms with Crippen molar-refractivity contribution in [1.82, 2.24) is 0 Å². The summed E-state index contributed by atoms with van der Waals surface area (Å²) >= 11 is 0. The minimum Gasteiger partial charge on any atom is -0.459 e. The van der Waals surface area contributed by atoms with Crippen LogP contribution in [0.1, 0.15) is 23.7 Å². The summed E-state index contributed by atoms with van der Waals surface area (Å²) in [5.74, 6) is -1.18. The van der Waals surface area contributed by atoms with Crippen LogP contribution in [-0.4, -0.2) is 25.8 Å². The fraction of sp³-hybridized carbons (Fsp3) is 0.417. The molecule has 0 aliphatic heterocycles. The van der Waals surface area contributed by atoms with E-state index in [0.29, 0.717) is 13.0 Å². The van der Waals surface area contributed by atoms with E-state index in [-0.39, 0.29) is 17.4 Å². The van der Waals surface area contributed by atoms with E-state index in [2.05, 4.69) is 0 Å². The Balaban J connectivity index is 2.60. The van der Waals surface area contributed by atoms with Gasteiger partial charge in [-0.05, 0) is 25.1 Å². The third kappa shape index (κ3) is 4.03. The number of halogens is 1. The molecule has 0 radical (unpaired) electrons. The summed E-state index contributed by atoms with van der Waals surface area (Å²) in [6, 6.07) is 3.84. The second-order valence-corrected chi connectivity index (χ2v) is 3.73. The van der Waals surface area contributed by atoms with Crippen LogP contribution < -0.4 is 5.73 Å². The lowest BCUT2D eigenvalue weighted by atomic mass is 10.2. The number of methoxy groups -OCH3 is 1. The van der Waals surface area contributed by atoms with Crippen LogP contribution in [-0.2, 0) is 9.47 Å². The highest BCUT2D eigenvalue weighted by atomic mass is 19.1. The van der Waals surface area contributed by atoms with Crippen LogP contribution in [0.4, 0.5) is 10.1 Å². The summed E-state index contributed by atoms with van der Waals surface area (Å²) in [5, 5.41) is 0. The molecule has 0 bridgehead atoms. The van der Waals surface area contributed by atoms with Gasteiger partial charge in [-0.25, -0.2) is 9.18 Å².